The van der Waals surface area contributed by atoms with Crippen molar-refractivity contribution < 1.29 is 4.79 Å². The molecule has 2 N–H and O–H groups in total. The maximum absolute atomic E-state index is 11.4. The maximum atomic E-state index is 11.4. The van der Waals surface area contributed by atoms with Gasteiger partial charge < -0.3 is 0 Å². The number of hydrogen-bond donors (Lipinski definition) is 1. The molecule has 0 radical (unpaired) electrons. The number of hydrogen-bond acceptors (Lipinski definition) is 3. The van der Waals surface area contributed by atoms with Crippen LogP contribution in [0.2, 0.25) is 0 Å². The maximum Gasteiger partial charge on any atom is 0.243 e. The van der Waals surface area contributed by atoms with Gasteiger partial charge in [-0.05, 0) is 18.6 Å². The summed E-state index contributed by atoms with van der Waals surface area (Å²) < 4.78 is 0. The van der Waals surface area contributed by atoms with Crippen molar-refractivity contribution in [2.75, 3.05) is 7.05 Å². The number of hydrazine groups is 1. The first-order valence-electron chi connectivity index (χ1n) is 4.05. The van der Waals surface area contributed by atoms with Gasteiger partial charge in [-0.3, -0.25) is 14.8 Å². The molecule has 0 saturated heterocycles. The minimum atomic E-state index is -0.233. The monoisotopic (exact) mass is 179 g/mol. The molecule has 1 rings (SSSR count). The van der Waals surface area contributed by atoms with Crippen LogP contribution in [0.25, 0.3) is 0 Å². The summed E-state index contributed by atoms with van der Waals surface area (Å²) in [5.41, 5.74) is 0.879. The number of nitrogens with zero attached hydrogens (tertiary/aromatic N) is 2. The molecule has 1 heterocycles. The molecule has 1 atom stereocenters. The Hall–Kier alpha value is -1.42. The van der Waals surface area contributed by atoms with Crippen molar-refractivity contribution in [3.8, 4) is 0 Å². The third-order valence-electron chi connectivity index (χ3n) is 1.90. The lowest BCUT2D eigenvalue weighted by molar-refractivity contribution is -0.131. The van der Waals surface area contributed by atoms with Crippen molar-refractivity contribution in [3.05, 3.63) is 30.1 Å². The zero-order valence-corrected chi connectivity index (χ0v) is 7.77. The highest BCUT2D eigenvalue weighted by atomic mass is 16.2. The lowest BCUT2D eigenvalue weighted by Gasteiger charge is -2.15. The van der Waals surface area contributed by atoms with E-state index in [0.29, 0.717) is 0 Å². The van der Waals surface area contributed by atoms with E-state index < -0.39 is 0 Å². The molecule has 0 fully saturated rings. The number of aromatic nitrogens is 1. The fraction of sp³-hybridized carbons (Fsp3) is 0.333. The predicted molar refractivity (Wildman–Crippen MR) is 49.6 cm³/mol. The van der Waals surface area contributed by atoms with Gasteiger partial charge in [0.05, 0.1) is 5.92 Å². The Morgan fingerprint density at radius 1 is 1.69 bits per heavy atom. The Balaban J connectivity index is 2.80. The zero-order chi connectivity index (χ0) is 9.84. The highest BCUT2D eigenvalue weighted by molar-refractivity contribution is 5.82. The van der Waals surface area contributed by atoms with E-state index in [2.05, 4.69) is 4.98 Å². The fourth-order valence-corrected chi connectivity index (χ4v) is 1.08. The van der Waals surface area contributed by atoms with Crippen molar-refractivity contribution >= 4 is 5.91 Å². The van der Waals surface area contributed by atoms with Crippen LogP contribution in [0.4, 0.5) is 0 Å². The minimum Gasteiger partial charge on any atom is -0.283 e. The molecule has 0 aliphatic heterocycles. The highest BCUT2D eigenvalue weighted by Gasteiger charge is 2.16. The number of likely N-dealkylation sites (N-methyl/N-ethyl adjacent to an activating group) is 1. The van der Waals surface area contributed by atoms with Gasteiger partial charge in [0.25, 0.3) is 0 Å². The van der Waals surface area contributed by atoms with E-state index >= 15 is 0 Å². The number of carbonyl (C=O) groups excluding carboxylic acids is 1. The van der Waals surface area contributed by atoms with E-state index in [-0.39, 0.29) is 11.8 Å². The summed E-state index contributed by atoms with van der Waals surface area (Å²) in [7, 11) is 1.54. The van der Waals surface area contributed by atoms with Crippen LogP contribution < -0.4 is 5.84 Å². The fourth-order valence-electron chi connectivity index (χ4n) is 1.08. The van der Waals surface area contributed by atoms with Crippen LogP contribution in [0.3, 0.4) is 0 Å². The second-order valence-corrected chi connectivity index (χ2v) is 2.96. The summed E-state index contributed by atoms with van der Waals surface area (Å²) in [5, 5.41) is 1.09. The smallest absolute Gasteiger partial charge is 0.243 e. The highest BCUT2D eigenvalue weighted by Crippen LogP contribution is 2.14. The Kier molecular flexibility index (Phi) is 2.97. The zero-order valence-electron chi connectivity index (χ0n) is 7.77. The molecule has 1 aromatic rings. The van der Waals surface area contributed by atoms with Gasteiger partial charge in [-0.1, -0.05) is 6.07 Å². The Bertz CT molecular complexity index is 284. The van der Waals surface area contributed by atoms with Crippen molar-refractivity contribution in [1.82, 2.24) is 9.99 Å². The van der Waals surface area contributed by atoms with E-state index in [1.165, 1.54) is 7.05 Å². The lowest BCUT2D eigenvalue weighted by atomic mass is 10.0. The van der Waals surface area contributed by atoms with Crippen molar-refractivity contribution in [3.63, 3.8) is 0 Å². The molecule has 0 aromatic carbocycles. The number of carbonyl (C=O) groups is 1. The molecule has 4 heteroatoms. The Morgan fingerprint density at radius 3 is 2.85 bits per heavy atom. The van der Waals surface area contributed by atoms with Crippen molar-refractivity contribution in [2.24, 2.45) is 5.84 Å². The first-order valence-corrected chi connectivity index (χ1v) is 4.05. The molecule has 0 spiro atoms. The van der Waals surface area contributed by atoms with E-state index in [0.717, 1.165) is 10.6 Å². The molecule has 13 heavy (non-hydrogen) atoms. The van der Waals surface area contributed by atoms with Gasteiger partial charge in [-0.15, -0.1) is 0 Å². The summed E-state index contributed by atoms with van der Waals surface area (Å²) in [6.07, 6.45) is 3.35. The third-order valence-corrected chi connectivity index (χ3v) is 1.90. The molecule has 0 bridgehead atoms. The predicted octanol–water partition coefficient (Wildman–Crippen LogP) is 0.517. The minimum absolute atomic E-state index is 0.118. The SMILES string of the molecule is CC(C(=O)N(C)N)c1cccnc1. The molecule has 4 nitrogen and oxygen atoms in total. The topological polar surface area (TPSA) is 59.2 Å². The van der Waals surface area contributed by atoms with Gasteiger partial charge in [-0.2, -0.15) is 0 Å². The summed E-state index contributed by atoms with van der Waals surface area (Å²) in [5.74, 6) is 4.99. The molecule has 1 unspecified atom stereocenters. The summed E-state index contributed by atoms with van der Waals surface area (Å²) in [6.45, 7) is 1.81. The van der Waals surface area contributed by atoms with Gasteiger partial charge in [0.2, 0.25) is 5.91 Å². The van der Waals surface area contributed by atoms with Gasteiger partial charge in [0, 0.05) is 19.4 Å². The van der Waals surface area contributed by atoms with E-state index in [1.807, 2.05) is 13.0 Å². The molecule has 1 amide bonds. The van der Waals surface area contributed by atoms with E-state index in [4.69, 9.17) is 5.84 Å². The van der Waals surface area contributed by atoms with Crippen LogP contribution in [-0.2, 0) is 4.79 Å². The first-order chi connectivity index (χ1) is 6.13. The molecule has 0 aliphatic rings. The largest absolute Gasteiger partial charge is 0.283 e. The quantitative estimate of drug-likeness (QED) is 0.409. The van der Waals surface area contributed by atoms with Crippen LogP contribution in [0.15, 0.2) is 24.5 Å². The Morgan fingerprint density at radius 2 is 2.38 bits per heavy atom. The van der Waals surface area contributed by atoms with Gasteiger partial charge >= 0.3 is 0 Å². The van der Waals surface area contributed by atoms with Gasteiger partial charge in [0.1, 0.15) is 0 Å². The van der Waals surface area contributed by atoms with Crippen LogP contribution in [0.1, 0.15) is 18.4 Å². The Labute approximate surface area is 77.3 Å². The number of amides is 1. The molecule has 1 aromatic heterocycles. The number of pyridine rings is 1. The molecule has 0 saturated carbocycles. The van der Waals surface area contributed by atoms with E-state index in [9.17, 15) is 4.79 Å². The van der Waals surface area contributed by atoms with Crippen LogP contribution in [0.5, 0.6) is 0 Å². The summed E-state index contributed by atoms with van der Waals surface area (Å²) >= 11 is 0. The lowest BCUT2D eigenvalue weighted by Crippen LogP contribution is -2.36. The number of rotatable bonds is 2. The average Bonchev–Trinajstić information content (AvgIpc) is 2.17. The average molecular weight is 179 g/mol. The molecule has 0 aliphatic carbocycles. The van der Waals surface area contributed by atoms with Crippen LogP contribution >= 0.6 is 0 Å². The van der Waals surface area contributed by atoms with Gasteiger partial charge in [-0.25, -0.2) is 5.84 Å². The summed E-state index contributed by atoms with van der Waals surface area (Å²) in [4.78, 5) is 15.4. The van der Waals surface area contributed by atoms with E-state index in [1.54, 1.807) is 18.5 Å². The standard InChI is InChI=1S/C9H13N3O/c1-7(9(13)12(2)10)8-4-3-5-11-6-8/h3-7H,10H2,1-2H3. The van der Waals surface area contributed by atoms with Crippen molar-refractivity contribution in [1.29, 1.82) is 0 Å². The van der Waals surface area contributed by atoms with Crippen LogP contribution in [0, 0.1) is 0 Å². The summed E-state index contributed by atoms with van der Waals surface area (Å²) in [6, 6.07) is 3.66. The molecular weight excluding hydrogens is 166 g/mol. The third kappa shape index (κ3) is 2.26. The van der Waals surface area contributed by atoms with Crippen molar-refractivity contribution in [2.45, 2.75) is 12.8 Å². The molecule has 70 valence electrons. The molecular formula is C9H13N3O. The van der Waals surface area contributed by atoms with Gasteiger partial charge in [0.15, 0.2) is 0 Å². The normalized spacial score (nSPS) is 12.2. The van der Waals surface area contributed by atoms with Crippen LogP contribution in [-0.4, -0.2) is 22.9 Å². The number of nitrogens with two attached hydrogens (primary N) is 1. The first kappa shape index (κ1) is 9.67. The second kappa shape index (κ2) is 4.00. The second-order valence-electron chi connectivity index (χ2n) is 2.96.